The molecule has 4 rings (SSSR count). The van der Waals surface area contributed by atoms with E-state index in [-0.39, 0.29) is 11.3 Å². The number of halogens is 3. The summed E-state index contributed by atoms with van der Waals surface area (Å²) in [6.07, 6.45) is 4.98. The maximum absolute atomic E-state index is 13.9. The fraction of sp³-hybridized carbons (Fsp3) is 0.579. The average Bonchev–Trinajstić information content (AvgIpc) is 3.47. The minimum absolute atomic E-state index is 0.0138. The fourth-order valence-corrected chi connectivity index (χ4v) is 4.22. The van der Waals surface area contributed by atoms with Crippen LogP contribution in [0.25, 0.3) is 0 Å². The maximum atomic E-state index is 13.9. The van der Waals surface area contributed by atoms with Gasteiger partial charge in [-0.1, -0.05) is 0 Å². The van der Waals surface area contributed by atoms with Gasteiger partial charge in [0.1, 0.15) is 0 Å². The summed E-state index contributed by atoms with van der Waals surface area (Å²) in [5.74, 6) is -4.74. The molecule has 7 heteroatoms. The summed E-state index contributed by atoms with van der Waals surface area (Å²) in [5, 5.41) is 0. The molecule has 0 bridgehead atoms. The van der Waals surface area contributed by atoms with Gasteiger partial charge in [0.05, 0.1) is 5.56 Å². The number of nitrogens with zero attached hydrogens (tertiary/aromatic N) is 2. The molecule has 0 unspecified atom stereocenters. The van der Waals surface area contributed by atoms with Crippen molar-refractivity contribution >= 4 is 11.8 Å². The zero-order chi connectivity index (χ0) is 18.5. The Morgan fingerprint density at radius 1 is 1.04 bits per heavy atom. The molecule has 0 atom stereocenters. The highest BCUT2D eigenvalue weighted by molar-refractivity contribution is 5.94. The maximum Gasteiger partial charge on any atom is 0.256 e. The molecule has 0 aromatic heterocycles. The molecule has 0 radical (unpaired) electrons. The van der Waals surface area contributed by atoms with Gasteiger partial charge in [-0.2, -0.15) is 0 Å². The van der Waals surface area contributed by atoms with Crippen LogP contribution in [-0.4, -0.2) is 47.3 Å². The van der Waals surface area contributed by atoms with Gasteiger partial charge in [0.15, 0.2) is 17.5 Å². The molecule has 26 heavy (non-hydrogen) atoms. The van der Waals surface area contributed by atoms with Crippen molar-refractivity contribution in [1.29, 1.82) is 0 Å². The summed E-state index contributed by atoms with van der Waals surface area (Å²) in [7, 11) is 0. The number of likely N-dealkylation sites (tertiary alicyclic amines) is 2. The molecule has 2 aliphatic heterocycles. The highest BCUT2D eigenvalue weighted by atomic mass is 19.2. The Balaban J connectivity index is 1.44. The number of amides is 2. The van der Waals surface area contributed by atoms with Gasteiger partial charge in [-0.15, -0.1) is 0 Å². The van der Waals surface area contributed by atoms with Crippen molar-refractivity contribution in [2.75, 3.05) is 19.6 Å². The number of carbonyl (C=O) groups is 2. The first-order chi connectivity index (χ1) is 12.4. The van der Waals surface area contributed by atoms with E-state index in [0.29, 0.717) is 25.6 Å². The van der Waals surface area contributed by atoms with Gasteiger partial charge >= 0.3 is 0 Å². The van der Waals surface area contributed by atoms with E-state index in [1.54, 1.807) is 0 Å². The van der Waals surface area contributed by atoms with Crippen LogP contribution in [0.2, 0.25) is 0 Å². The lowest BCUT2D eigenvalue weighted by Gasteiger charge is -2.47. The van der Waals surface area contributed by atoms with Gasteiger partial charge in [0, 0.05) is 32.1 Å². The molecular formula is C19H21F3N2O2. The molecule has 2 saturated heterocycles. The summed E-state index contributed by atoms with van der Waals surface area (Å²) in [6.45, 7) is 1.60. The van der Waals surface area contributed by atoms with Crippen LogP contribution in [0.3, 0.4) is 0 Å². The Kier molecular flexibility index (Phi) is 4.20. The summed E-state index contributed by atoms with van der Waals surface area (Å²) in [5.41, 5.74) is -0.418. The predicted molar refractivity (Wildman–Crippen MR) is 87.9 cm³/mol. The lowest BCUT2D eigenvalue weighted by Crippen LogP contribution is -2.53. The van der Waals surface area contributed by atoms with Crippen LogP contribution in [0.1, 0.15) is 48.9 Å². The molecular weight excluding hydrogens is 345 g/mol. The minimum Gasteiger partial charge on any atom is -0.339 e. The molecule has 1 saturated carbocycles. The molecule has 1 aromatic carbocycles. The number of hydrogen-bond donors (Lipinski definition) is 0. The molecule has 1 aromatic rings. The standard InChI is InChI=1S/C19H21F3N2O2/c20-14-4-3-13(16(21)17(14)22)18(26)23-9-7-19(8-10-23)6-5-15(25)24(11-19)12-1-2-12/h3-4,12H,1-2,5-11H2. The topological polar surface area (TPSA) is 40.6 Å². The first kappa shape index (κ1) is 17.4. The molecule has 3 aliphatic rings. The average molecular weight is 366 g/mol. The van der Waals surface area contributed by atoms with Crippen LogP contribution in [0.4, 0.5) is 13.2 Å². The molecule has 0 N–H and O–H groups in total. The molecule has 2 amide bonds. The predicted octanol–water partition coefficient (Wildman–Crippen LogP) is 3.11. The van der Waals surface area contributed by atoms with Crippen molar-refractivity contribution in [3.63, 3.8) is 0 Å². The zero-order valence-electron chi connectivity index (χ0n) is 14.4. The lowest BCUT2D eigenvalue weighted by atomic mass is 9.72. The number of benzene rings is 1. The number of hydrogen-bond acceptors (Lipinski definition) is 2. The van der Waals surface area contributed by atoms with Crippen molar-refractivity contribution in [3.05, 3.63) is 35.1 Å². The van der Waals surface area contributed by atoms with Crippen LogP contribution in [0, 0.1) is 22.9 Å². The van der Waals surface area contributed by atoms with E-state index in [0.717, 1.165) is 50.8 Å². The monoisotopic (exact) mass is 366 g/mol. The van der Waals surface area contributed by atoms with Crippen LogP contribution < -0.4 is 0 Å². The Morgan fingerprint density at radius 2 is 1.73 bits per heavy atom. The smallest absolute Gasteiger partial charge is 0.256 e. The Morgan fingerprint density at radius 3 is 2.38 bits per heavy atom. The van der Waals surface area contributed by atoms with Gasteiger partial charge in [-0.05, 0) is 49.7 Å². The first-order valence-electron chi connectivity index (χ1n) is 9.12. The van der Waals surface area contributed by atoms with Crippen LogP contribution in [-0.2, 0) is 4.79 Å². The third kappa shape index (κ3) is 2.97. The van der Waals surface area contributed by atoms with Gasteiger partial charge in [0.2, 0.25) is 5.91 Å². The first-order valence-corrected chi connectivity index (χ1v) is 9.12. The second kappa shape index (κ2) is 6.28. The van der Waals surface area contributed by atoms with E-state index in [4.69, 9.17) is 0 Å². The third-order valence-corrected chi connectivity index (χ3v) is 6.06. The summed E-state index contributed by atoms with van der Waals surface area (Å²) in [4.78, 5) is 28.1. The second-order valence-electron chi connectivity index (χ2n) is 7.77. The summed E-state index contributed by atoms with van der Waals surface area (Å²) >= 11 is 0. The van der Waals surface area contributed by atoms with E-state index < -0.39 is 28.9 Å². The summed E-state index contributed by atoms with van der Waals surface area (Å²) < 4.78 is 40.4. The SMILES string of the molecule is O=C(c1ccc(F)c(F)c1F)N1CCC2(CCC(=O)N(C3CC3)C2)CC1. The lowest BCUT2D eigenvalue weighted by molar-refractivity contribution is -0.139. The number of carbonyl (C=O) groups excluding carboxylic acids is 2. The number of piperidine rings is 2. The largest absolute Gasteiger partial charge is 0.339 e. The molecule has 1 aliphatic carbocycles. The molecule has 3 fully saturated rings. The molecule has 1 spiro atoms. The fourth-order valence-electron chi connectivity index (χ4n) is 4.22. The van der Waals surface area contributed by atoms with E-state index in [2.05, 4.69) is 0 Å². The highest BCUT2D eigenvalue weighted by Crippen LogP contribution is 2.43. The minimum atomic E-state index is -1.62. The third-order valence-electron chi connectivity index (χ3n) is 6.06. The molecule has 2 heterocycles. The Hall–Kier alpha value is -2.05. The van der Waals surface area contributed by atoms with E-state index in [9.17, 15) is 22.8 Å². The molecule has 140 valence electrons. The van der Waals surface area contributed by atoms with Gasteiger partial charge in [-0.3, -0.25) is 9.59 Å². The van der Waals surface area contributed by atoms with E-state index in [1.807, 2.05) is 4.90 Å². The van der Waals surface area contributed by atoms with E-state index >= 15 is 0 Å². The van der Waals surface area contributed by atoms with Crippen molar-refractivity contribution in [1.82, 2.24) is 9.80 Å². The normalized spacial score (nSPS) is 22.8. The summed E-state index contributed by atoms with van der Waals surface area (Å²) in [6, 6.07) is 2.15. The zero-order valence-corrected chi connectivity index (χ0v) is 14.4. The molecule has 4 nitrogen and oxygen atoms in total. The Labute approximate surface area is 149 Å². The second-order valence-corrected chi connectivity index (χ2v) is 7.77. The van der Waals surface area contributed by atoms with Crippen LogP contribution in [0.15, 0.2) is 12.1 Å². The van der Waals surface area contributed by atoms with Crippen LogP contribution in [0.5, 0.6) is 0 Å². The number of rotatable bonds is 2. The van der Waals surface area contributed by atoms with Crippen molar-refractivity contribution in [2.24, 2.45) is 5.41 Å². The van der Waals surface area contributed by atoms with Crippen molar-refractivity contribution in [3.8, 4) is 0 Å². The van der Waals surface area contributed by atoms with Crippen molar-refractivity contribution in [2.45, 2.75) is 44.6 Å². The van der Waals surface area contributed by atoms with Crippen molar-refractivity contribution < 1.29 is 22.8 Å². The van der Waals surface area contributed by atoms with Crippen LogP contribution >= 0.6 is 0 Å². The van der Waals surface area contributed by atoms with E-state index in [1.165, 1.54) is 4.90 Å². The quantitative estimate of drug-likeness (QED) is 0.755. The Bertz CT molecular complexity index is 755. The van der Waals surface area contributed by atoms with Gasteiger partial charge in [-0.25, -0.2) is 13.2 Å². The van der Waals surface area contributed by atoms with Gasteiger partial charge < -0.3 is 9.80 Å². The highest BCUT2D eigenvalue weighted by Gasteiger charge is 2.45. The van der Waals surface area contributed by atoms with Gasteiger partial charge in [0.25, 0.3) is 5.91 Å².